The smallest absolute Gasteiger partial charge is 0.362 e. The SMILES string of the molecule is CC(C)C[C@H](N)C(=O)NS(=O)(=O)OC[C@H]1O[C@@H](c2nc(-c3ccc(Oc4ccccc4)cc3)ns2)[C@H](O)[C@@H]1O. The third kappa shape index (κ3) is 7.57. The van der Waals surface area contributed by atoms with Gasteiger partial charge < -0.3 is 25.4 Å². The lowest BCUT2D eigenvalue weighted by atomic mass is 10.0. The Hall–Kier alpha value is -2.98. The fourth-order valence-electron chi connectivity index (χ4n) is 3.86. The van der Waals surface area contributed by atoms with Crippen molar-refractivity contribution in [2.24, 2.45) is 11.7 Å². The van der Waals surface area contributed by atoms with E-state index in [4.69, 9.17) is 19.4 Å². The molecule has 0 spiro atoms. The average Bonchev–Trinajstić information content (AvgIpc) is 3.48. The van der Waals surface area contributed by atoms with E-state index in [-0.39, 0.29) is 12.3 Å². The van der Waals surface area contributed by atoms with Crippen LogP contribution in [0.2, 0.25) is 0 Å². The van der Waals surface area contributed by atoms with Crippen molar-refractivity contribution >= 4 is 27.7 Å². The topological polar surface area (TPSA) is 183 Å². The Labute approximate surface area is 230 Å². The van der Waals surface area contributed by atoms with Gasteiger partial charge in [0, 0.05) is 5.56 Å². The summed E-state index contributed by atoms with van der Waals surface area (Å²) < 4.78 is 46.7. The Balaban J connectivity index is 1.35. The Morgan fingerprint density at radius 1 is 1.10 bits per heavy atom. The lowest BCUT2D eigenvalue weighted by molar-refractivity contribution is -0.121. The van der Waals surface area contributed by atoms with E-state index >= 15 is 0 Å². The Kier molecular flexibility index (Phi) is 9.27. The Morgan fingerprint density at radius 2 is 1.77 bits per heavy atom. The molecule has 210 valence electrons. The highest BCUT2D eigenvalue weighted by atomic mass is 32.2. The average molecular weight is 579 g/mol. The molecule has 2 heterocycles. The van der Waals surface area contributed by atoms with Gasteiger partial charge in [0.05, 0.1) is 12.6 Å². The van der Waals surface area contributed by atoms with E-state index in [0.29, 0.717) is 27.9 Å². The molecule has 1 aliphatic heterocycles. The minimum atomic E-state index is -4.52. The van der Waals surface area contributed by atoms with Crippen LogP contribution in [0.3, 0.4) is 0 Å². The number of aliphatic hydroxyl groups excluding tert-OH is 2. The van der Waals surface area contributed by atoms with E-state index in [9.17, 15) is 23.4 Å². The molecule has 0 aliphatic carbocycles. The molecule has 0 saturated carbocycles. The van der Waals surface area contributed by atoms with Crippen molar-refractivity contribution in [2.75, 3.05) is 6.61 Å². The van der Waals surface area contributed by atoms with Crippen molar-refractivity contribution in [3.05, 3.63) is 59.6 Å². The number of nitrogens with one attached hydrogen (secondary N) is 1. The minimum Gasteiger partial charge on any atom is -0.457 e. The fourth-order valence-corrected chi connectivity index (χ4v) is 5.38. The molecule has 1 fully saturated rings. The summed E-state index contributed by atoms with van der Waals surface area (Å²) in [6, 6.07) is 15.4. The summed E-state index contributed by atoms with van der Waals surface area (Å²) in [5.41, 5.74) is 6.40. The largest absolute Gasteiger partial charge is 0.457 e. The summed E-state index contributed by atoms with van der Waals surface area (Å²) in [4.78, 5) is 16.5. The molecule has 0 bridgehead atoms. The molecule has 5 atom stereocenters. The number of amides is 1. The highest BCUT2D eigenvalue weighted by Gasteiger charge is 2.45. The Morgan fingerprint density at radius 3 is 2.44 bits per heavy atom. The monoisotopic (exact) mass is 578 g/mol. The molecule has 39 heavy (non-hydrogen) atoms. The number of carbonyl (C=O) groups is 1. The van der Waals surface area contributed by atoms with Crippen molar-refractivity contribution < 1.29 is 37.1 Å². The van der Waals surface area contributed by atoms with Crippen molar-refractivity contribution in [1.82, 2.24) is 14.1 Å². The summed E-state index contributed by atoms with van der Waals surface area (Å²) in [7, 11) is -4.52. The molecule has 3 aromatic rings. The first-order valence-corrected chi connectivity index (χ1v) is 14.4. The van der Waals surface area contributed by atoms with Gasteiger partial charge in [-0.05, 0) is 60.3 Å². The molecule has 14 heteroatoms. The molecular formula is C25H30N4O8S2. The summed E-state index contributed by atoms with van der Waals surface area (Å²) in [6.45, 7) is 3.04. The molecular weight excluding hydrogens is 548 g/mol. The van der Waals surface area contributed by atoms with E-state index in [1.54, 1.807) is 29.0 Å². The van der Waals surface area contributed by atoms with Crippen molar-refractivity contribution in [2.45, 2.75) is 50.7 Å². The molecule has 12 nitrogen and oxygen atoms in total. The van der Waals surface area contributed by atoms with Crippen LogP contribution in [-0.2, 0) is 24.0 Å². The van der Waals surface area contributed by atoms with E-state index in [0.717, 1.165) is 11.5 Å². The number of aliphatic hydroxyl groups is 2. The van der Waals surface area contributed by atoms with E-state index in [1.165, 1.54) is 0 Å². The first-order chi connectivity index (χ1) is 18.5. The zero-order valence-corrected chi connectivity index (χ0v) is 22.8. The maximum absolute atomic E-state index is 12.2. The maximum Gasteiger partial charge on any atom is 0.362 e. The number of nitrogens with two attached hydrogens (primary N) is 1. The summed E-state index contributed by atoms with van der Waals surface area (Å²) in [5, 5.41) is 21.2. The van der Waals surface area contributed by atoms with Crippen LogP contribution >= 0.6 is 11.5 Å². The number of hydrogen-bond acceptors (Lipinski definition) is 12. The van der Waals surface area contributed by atoms with Gasteiger partial charge in [-0.1, -0.05) is 32.0 Å². The van der Waals surface area contributed by atoms with Crippen LogP contribution in [0.5, 0.6) is 11.5 Å². The third-order valence-electron chi connectivity index (χ3n) is 5.81. The van der Waals surface area contributed by atoms with Crippen molar-refractivity contribution in [1.29, 1.82) is 0 Å². The summed E-state index contributed by atoms with van der Waals surface area (Å²) >= 11 is 0.978. The van der Waals surface area contributed by atoms with Crippen molar-refractivity contribution in [3.8, 4) is 22.9 Å². The molecule has 0 unspecified atom stereocenters. The molecule has 4 rings (SSSR count). The predicted octanol–water partition coefficient (Wildman–Crippen LogP) is 1.91. The summed E-state index contributed by atoms with van der Waals surface area (Å²) in [5.74, 6) is 0.899. The van der Waals surface area contributed by atoms with Gasteiger partial charge in [0.1, 0.15) is 40.9 Å². The standard InChI is InChI=1S/C25H30N4O8S2/c1-14(2)12-18(26)24(32)29-39(33,34)35-13-19-20(30)21(31)22(37-19)25-27-23(28-38-25)15-8-10-17(11-9-15)36-16-6-4-3-5-7-16/h3-11,14,18-22,30-31H,12-13,26H2,1-2H3,(H,29,32)/t18-,19+,20+,21+,22+/m0/s1. The first-order valence-electron chi connectivity index (χ1n) is 12.2. The second-order valence-electron chi connectivity index (χ2n) is 9.41. The molecule has 2 aromatic carbocycles. The van der Waals surface area contributed by atoms with Crippen molar-refractivity contribution in [3.63, 3.8) is 0 Å². The fraction of sp³-hybridized carbons (Fsp3) is 0.400. The number of para-hydroxylation sites is 1. The number of hydrogen-bond donors (Lipinski definition) is 4. The van der Waals surface area contributed by atoms with Gasteiger partial charge in [0.2, 0.25) is 0 Å². The number of aromatic nitrogens is 2. The molecule has 0 radical (unpaired) electrons. The normalized spacial score (nSPS) is 22.1. The number of nitrogens with zero attached hydrogens (tertiary/aromatic N) is 2. The van der Waals surface area contributed by atoms with Gasteiger partial charge in [0.15, 0.2) is 5.82 Å². The highest BCUT2D eigenvalue weighted by Crippen LogP contribution is 2.36. The number of rotatable bonds is 11. The Bertz CT molecular complexity index is 1350. The van der Waals surface area contributed by atoms with Gasteiger partial charge in [-0.15, -0.1) is 0 Å². The van der Waals surface area contributed by atoms with Crippen LogP contribution in [-0.4, -0.2) is 64.9 Å². The minimum absolute atomic E-state index is 0.0868. The first kappa shape index (κ1) is 29.0. The van der Waals surface area contributed by atoms with Gasteiger partial charge in [-0.2, -0.15) is 12.8 Å². The molecule has 5 N–H and O–H groups in total. The number of ether oxygens (including phenoxy) is 2. The third-order valence-corrected chi connectivity index (χ3v) is 7.49. The molecule has 1 aromatic heterocycles. The molecule has 1 aliphatic rings. The van der Waals surface area contributed by atoms with Crippen LogP contribution in [0.25, 0.3) is 11.4 Å². The quantitative estimate of drug-likeness (QED) is 0.261. The van der Waals surface area contributed by atoms with Gasteiger partial charge in [-0.3, -0.25) is 8.98 Å². The van der Waals surface area contributed by atoms with E-state index in [1.807, 2.05) is 44.2 Å². The second kappa shape index (κ2) is 12.5. The maximum atomic E-state index is 12.2. The number of benzene rings is 2. The van der Waals surface area contributed by atoms with Crippen LogP contribution < -0.4 is 15.2 Å². The van der Waals surface area contributed by atoms with Crippen LogP contribution in [0.15, 0.2) is 54.6 Å². The zero-order valence-electron chi connectivity index (χ0n) is 21.2. The lowest BCUT2D eigenvalue weighted by Crippen LogP contribution is -2.45. The zero-order chi connectivity index (χ0) is 28.2. The van der Waals surface area contributed by atoms with Crippen LogP contribution in [0.1, 0.15) is 31.4 Å². The lowest BCUT2D eigenvalue weighted by Gasteiger charge is -2.16. The second-order valence-corrected chi connectivity index (χ2v) is 11.5. The predicted molar refractivity (Wildman–Crippen MR) is 142 cm³/mol. The summed E-state index contributed by atoms with van der Waals surface area (Å²) in [6.07, 6.45) is -4.85. The van der Waals surface area contributed by atoms with E-state index < -0.39 is 53.3 Å². The van der Waals surface area contributed by atoms with E-state index in [2.05, 4.69) is 9.36 Å². The van der Waals surface area contributed by atoms with Gasteiger partial charge in [0.25, 0.3) is 5.91 Å². The number of carbonyl (C=O) groups excluding carboxylic acids is 1. The van der Waals surface area contributed by atoms with Gasteiger partial charge in [-0.25, -0.2) is 9.71 Å². The van der Waals surface area contributed by atoms with Crippen LogP contribution in [0, 0.1) is 5.92 Å². The molecule has 1 saturated heterocycles. The van der Waals surface area contributed by atoms with Crippen LogP contribution in [0.4, 0.5) is 0 Å². The molecule has 1 amide bonds. The highest BCUT2D eigenvalue weighted by molar-refractivity contribution is 7.85. The van der Waals surface area contributed by atoms with Gasteiger partial charge >= 0.3 is 10.3 Å².